The number of ether oxygens (including phenoxy) is 1. The summed E-state index contributed by atoms with van der Waals surface area (Å²) in [6.45, 7) is 0.129. The van der Waals surface area contributed by atoms with Crippen molar-refractivity contribution in [1.29, 1.82) is 0 Å². The lowest BCUT2D eigenvalue weighted by Gasteiger charge is -2.14. The summed E-state index contributed by atoms with van der Waals surface area (Å²) in [7, 11) is 0. The van der Waals surface area contributed by atoms with Crippen molar-refractivity contribution in [2.75, 3.05) is 6.61 Å². The Morgan fingerprint density at radius 1 is 1.41 bits per heavy atom. The van der Waals surface area contributed by atoms with Crippen LogP contribution in [0, 0.1) is 0 Å². The Balaban J connectivity index is 1.79. The average molecular weight is 389 g/mol. The summed E-state index contributed by atoms with van der Waals surface area (Å²) >= 11 is 4.94. The molecule has 0 radical (unpaired) electrons. The fraction of sp³-hybridized carbons (Fsp3) is 0.286. The van der Waals surface area contributed by atoms with Crippen molar-refractivity contribution in [3.05, 3.63) is 44.2 Å². The highest BCUT2D eigenvalue weighted by molar-refractivity contribution is 9.11. The molecule has 0 fully saturated rings. The summed E-state index contributed by atoms with van der Waals surface area (Å²) in [5, 5.41) is 0. The van der Waals surface area contributed by atoms with E-state index < -0.39 is 13.0 Å². The molecule has 1 aliphatic heterocycles. The van der Waals surface area contributed by atoms with Gasteiger partial charge < -0.3 is 9.64 Å². The second-order valence-corrected chi connectivity index (χ2v) is 7.27. The Morgan fingerprint density at radius 3 is 2.91 bits per heavy atom. The van der Waals surface area contributed by atoms with Crippen LogP contribution in [0.15, 0.2) is 28.2 Å². The summed E-state index contributed by atoms with van der Waals surface area (Å²) in [6.07, 6.45) is -1.13. The van der Waals surface area contributed by atoms with Crippen LogP contribution in [-0.2, 0) is 13.1 Å². The van der Waals surface area contributed by atoms with Crippen LogP contribution in [0.2, 0.25) is 0 Å². The second kappa shape index (κ2) is 6.29. The molecule has 4 nitrogen and oxygen atoms in total. The van der Waals surface area contributed by atoms with E-state index >= 15 is 0 Å². The summed E-state index contributed by atoms with van der Waals surface area (Å²) in [5.41, 5.74) is 1.04. The second-order valence-electron chi connectivity index (χ2n) is 4.72. The fourth-order valence-corrected chi connectivity index (χ4v) is 3.78. The van der Waals surface area contributed by atoms with Crippen LogP contribution >= 0.6 is 27.3 Å². The lowest BCUT2D eigenvalue weighted by molar-refractivity contribution is 0.0720. The zero-order valence-corrected chi connectivity index (χ0v) is 13.7. The highest BCUT2D eigenvalue weighted by Gasteiger charge is 2.32. The van der Waals surface area contributed by atoms with Gasteiger partial charge in [0.25, 0.3) is 12.3 Å². The molecular weight excluding hydrogens is 378 g/mol. The first-order valence-electron chi connectivity index (χ1n) is 6.47. The summed E-state index contributed by atoms with van der Waals surface area (Å²) in [5.74, 6) is -0.255. The van der Waals surface area contributed by atoms with Gasteiger partial charge in [-0.2, -0.15) is 0 Å². The fourth-order valence-electron chi connectivity index (χ4n) is 2.28. The first kappa shape index (κ1) is 15.4. The molecular formula is C14H11BrF2N2O2S. The third-order valence-electron chi connectivity index (χ3n) is 3.19. The number of rotatable bonds is 5. The molecule has 0 unspecified atom stereocenters. The van der Waals surface area contributed by atoms with Crippen LogP contribution in [0.25, 0.3) is 0 Å². The maximum Gasteiger partial charge on any atom is 0.272 e. The van der Waals surface area contributed by atoms with Crippen LogP contribution in [0.3, 0.4) is 0 Å². The predicted molar refractivity (Wildman–Crippen MR) is 81.3 cm³/mol. The van der Waals surface area contributed by atoms with E-state index in [4.69, 9.17) is 4.74 Å². The Labute approximate surface area is 137 Å². The number of thiophene rings is 1. The van der Waals surface area contributed by atoms with Crippen molar-refractivity contribution in [2.24, 2.45) is 0 Å². The molecule has 0 N–H and O–H groups in total. The molecule has 1 amide bonds. The van der Waals surface area contributed by atoms with Crippen molar-refractivity contribution in [3.8, 4) is 5.88 Å². The van der Waals surface area contributed by atoms with Gasteiger partial charge in [-0.1, -0.05) is 0 Å². The van der Waals surface area contributed by atoms with E-state index in [2.05, 4.69) is 20.9 Å². The Kier molecular flexibility index (Phi) is 4.39. The van der Waals surface area contributed by atoms with E-state index in [1.807, 2.05) is 12.1 Å². The first-order chi connectivity index (χ1) is 10.5. The normalized spacial score (nSPS) is 13.8. The Hall–Kier alpha value is -1.54. The number of pyridine rings is 1. The zero-order valence-electron chi connectivity index (χ0n) is 11.3. The molecule has 0 atom stereocenters. The monoisotopic (exact) mass is 388 g/mol. The lowest BCUT2D eigenvalue weighted by Crippen LogP contribution is -2.23. The number of hydrogen-bond acceptors (Lipinski definition) is 4. The minimum atomic E-state index is -2.60. The van der Waals surface area contributed by atoms with Gasteiger partial charge in [-0.15, -0.1) is 11.3 Å². The van der Waals surface area contributed by atoms with Gasteiger partial charge in [-0.3, -0.25) is 4.79 Å². The number of halogens is 3. The molecule has 8 heteroatoms. The number of carbonyl (C=O) groups is 1. The number of alkyl halides is 2. The molecule has 3 heterocycles. The lowest BCUT2D eigenvalue weighted by atomic mass is 10.2. The molecule has 0 aliphatic carbocycles. The summed E-state index contributed by atoms with van der Waals surface area (Å²) in [6, 6.07) is 5.58. The van der Waals surface area contributed by atoms with Gasteiger partial charge >= 0.3 is 0 Å². The van der Waals surface area contributed by atoms with Crippen molar-refractivity contribution >= 4 is 33.2 Å². The molecule has 0 saturated carbocycles. The van der Waals surface area contributed by atoms with Gasteiger partial charge in [0.2, 0.25) is 5.88 Å². The van der Waals surface area contributed by atoms with Crippen LogP contribution in [0.4, 0.5) is 8.78 Å². The summed E-state index contributed by atoms with van der Waals surface area (Å²) < 4.78 is 30.5. The maximum atomic E-state index is 12.5. The summed E-state index contributed by atoms with van der Waals surface area (Å²) in [4.78, 5) is 19.1. The number of amides is 1. The van der Waals surface area contributed by atoms with Gasteiger partial charge in [-0.05, 0) is 39.7 Å². The third-order valence-corrected chi connectivity index (χ3v) is 4.79. The Morgan fingerprint density at radius 2 is 2.23 bits per heavy atom. The number of carbonyl (C=O) groups excluding carboxylic acids is 1. The van der Waals surface area contributed by atoms with E-state index in [1.54, 1.807) is 22.3 Å². The molecule has 0 bridgehead atoms. The third kappa shape index (κ3) is 3.12. The van der Waals surface area contributed by atoms with Gasteiger partial charge in [0, 0.05) is 17.6 Å². The smallest absolute Gasteiger partial charge is 0.272 e. The predicted octanol–water partition coefficient (Wildman–Crippen LogP) is 3.71. The number of hydrogen-bond donors (Lipinski definition) is 0. The van der Waals surface area contributed by atoms with E-state index in [0.29, 0.717) is 18.7 Å². The standard InChI is InChI=1S/C14H11BrF2N2O2S/c15-10-2-1-9(22-10)6-19-5-8-3-4-18-13(12(8)14(19)20)21-7-11(16)17/h1-4,11H,5-7H2. The first-order valence-corrected chi connectivity index (χ1v) is 8.08. The van der Waals surface area contributed by atoms with Gasteiger partial charge in [0.05, 0.1) is 10.3 Å². The van der Waals surface area contributed by atoms with Crippen LogP contribution in [-0.4, -0.2) is 28.8 Å². The van der Waals surface area contributed by atoms with Crippen molar-refractivity contribution < 1.29 is 18.3 Å². The van der Waals surface area contributed by atoms with Crippen molar-refractivity contribution in [2.45, 2.75) is 19.5 Å². The topological polar surface area (TPSA) is 42.4 Å². The van der Waals surface area contributed by atoms with E-state index in [1.165, 1.54) is 6.20 Å². The van der Waals surface area contributed by atoms with Gasteiger partial charge in [-0.25, -0.2) is 13.8 Å². The minimum absolute atomic E-state index is 0.0161. The van der Waals surface area contributed by atoms with Crippen molar-refractivity contribution in [1.82, 2.24) is 9.88 Å². The highest BCUT2D eigenvalue weighted by atomic mass is 79.9. The average Bonchev–Trinajstić information content (AvgIpc) is 3.02. The van der Waals surface area contributed by atoms with Crippen LogP contribution < -0.4 is 4.74 Å². The van der Waals surface area contributed by atoms with E-state index in [-0.39, 0.29) is 11.8 Å². The number of nitrogens with zero attached hydrogens (tertiary/aromatic N) is 2. The highest BCUT2D eigenvalue weighted by Crippen LogP contribution is 2.32. The van der Waals surface area contributed by atoms with Crippen molar-refractivity contribution in [3.63, 3.8) is 0 Å². The van der Waals surface area contributed by atoms with E-state index in [0.717, 1.165) is 14.2 Å². The molecule has 116 valence electrons. The minimum Gasteiger partial charge on any atom is -0.471 e. The molecule has 2 aromatic heterocycles. The quantitative estimate of drug-likeness (QED) is 0.783. The molecule has 22 heavy (non-hydrogen) atoms. The van der Waals surface area contributed by atoms with Crippen LogP contribution in [0.1, 0.15) is 20.8 Å². The van der Waals surface area contributed by atoms with Gasteiger partial charge in [0.15, 0.2) is 6.61 Å². The van der Waals surface area contributed by atoms with Crippen LogP contribution in [0.5, 0.6) is 5.88 Å². The Bertz CT molecular complexity index is 708. The molecule has 0 saturated heterocycles. The molecule has 0 aromatic carbocycles. The van der Waals surface area contributed by atoms with Gasteiger partial charge in [0.1, 0.15) is 5.56 Å². The zero-order chi connectivity index (χ0) is 15.7. The molecule has 2 aromatic rings. The molecule has 1 aliphatic rings. The maximum absolute atomic E-state index is 12.5. The number of fused-ring (bicyclic) bond motifs is 1. The van der Waals surface area contributed by atoms with E-state index in [9.17, 15) is 13.6 Å². The molecule has 0 spiro atoms. The largest absolute Gasteiger partial charge is 0.471 e. The SMILES string of the molecule is O=C1c2c(ccnc2OCC(F)F)CN1Cc1ccc(Br)s1. The number of aromatic nitrogens is 1. The molecule has 3 rings (SSSR count).